The standard InChI is InChI=1S/C15H14ClNO4/c16-8-15(19)11-7-6-10(14(15)18)12(13(11)17(20)21)9-4-2-1-3-5-9/h1-7,10-13,19H,8H2/t10-,11+,12-,13-,15-/m0/s1. The van der Waals surface area contributed by atoms with Gasteiger partial charge in [-0.05, 0) is 5.56 Å². The first kappa shape index (κ1) is 14.2. The van der Waals surface area contributed by atoms with Crippen LogP contribution < -0.4 is 0 Å². The van der Waals surface area contributed by atoms with Crippen LogP contribution in [-0.2, 0) is 4.79 Å². The minimum absolute atomic E-state index is 0.330. The Morgan fingerprint density at radius 2 is 1.95 bits per heavy atom. The number of carbonyl (C=O) groups is 1. The summed E-state index contributed by atoms with van der Waals surface area (Å²) >= 11 is 5.75. The van der Waals surface area contributed by atoms with Crippen LogP contribution in [0.15, 0.2) is 42.5 Å². The summed E-state index contributed by atoms with van der Waals surface area (Å²) in [5.41, 5.74) is -1.10. The van der Waals surface area contributed by atoms with Gasteiger partial charge in [0.15, 0.2) is 5.78 Å². The molecule has 4 rings (SSSR count). The second-order valence-electron chi connectivity index (χ2n) is 5.57. The molecule has 0 amide bonds. The Kier molecular flexibility index (Phi) is 3.34. The number of hydrogen-bond donors (Lipinski definition) is 1. The van der Waals surface area contributed by atoms with E-state index in [1.807, 2.05) is 6.07 Å². The molecule has 0 unspecified atom stereocenters. The van der Waals surface area contributed by atoms with Crippen molar-refractivity contribution in [2.24, 2.45) is 11.8 Å². The molecule has 6 heteroatoms. The molecule has 5 atom stereocenters. The Labute approximate surface area is 126 Å². The van der Waals surface area contributed by atoms with Crippen LogP contribution in [0, 0.1) is 22.0 Å². The minimum atomic E-state index is -1.84. The van der Waals surface area contributed by atoms with Crippen molar-refractivity contribution in [2.75, 3.05) is 5.88 Å². The molecule has 3 aliphatic carbocycles. The molecule has 110 valence electrons. The number of benzene rings is 1. The minimum Gasteiger partial charge on any atom is -0.380 e. The predicted octanol–water partition coefficient (Wildman–Crippen LogP) is 1.77. The first-order chi connectivity index (χ1) is 10.0. The number of aliphatic hydroxyl groups is 1. The molecule has 5 nitrogen and oxygen atoms in total. The van der Waals surface area contributed by atoms with E-state index in [0.29, 0.717) is 0 Å². The summed E-state index contributed by atoms with van der Waals surface area (Å²) in [6.45, 7) is 0. The molecule has 0 spiro atoms. The highest BCUT2D eigenvalue weighted by molar-refractivity contribution is 6.21. The first-order valence-electron chi connectivity index (χ1n) is 6.70. The molecule has 1 saturated carbocycles. The zero-order chi connectivity index (χ0) is 15.2. The molecule has 1 aromatic carbocycles. The van der Waals surface area contributed by atoms with E-state index in [-0.39, 0.29) is 5.88 Å². The van der Waals surface area contributed by atoms with E-state index in [9.17, 15) is 20.0 Å². The van der Waals surface area contributed by atoms with Crippen molar-refractivity contribution >= 4 is 17.4 Å². The number of carbonyl (C=O) groups excluding carboxylic acids is 1. The lowest BCUT2D eigenvalue weighted by Gasteiger charge is -2.47. The average Bonchev–Trinajstić information content (AvgIpc) is 2.51. The molecule has 0 aliphatic heterocycles. The summed E-state index contributed by atoms with van der Waals surface area (Å²) in [6, 6.07) is 7.90. The van der Waals surface area contributed by atoms with E-state index < -0.39 is 40.1 Å². The summed E-state index contributed by atoms with van der Waals surface area (Å²) < 4.78 is 0. The average molecular weight is 308 g/mol. The van der Waals surface area contributed by atoms with Crippen LogP contribution >= 0.6 is 11.6 Å². The molecule has 3 aliphatic rings. The van der Waals surface area contributed by atoms with Gasteiger partial charge in [-0.15, -0.1) is 11.6 Å². The fraction of sp³-hybridized carbons (Fsp3) is 0.400. The van der Waals surface area contributed by atoms with E-state index in [0.717, 1.165) is 5.56 Å². The van der Waals surface area contributed by atoms with E-state index in [1.54, 1.807) is 36.4 Å². The molecular weight excluding hydrogens is 294 g/mol. The van der Waals surface area contributed by atoms with Gasteiger partial charge in [-0.2, -0.15) is 0 Å². The maximum atomic E-state index is 12.5. The van der Waals surface area contributed by atoms with Gasteiger partial charge in [0.2, 0.25) is 6.04 Å². The number of fused-ring (bicyclic) bond motifs is 2. The Hall–Kier alpha value is -1.72. The third kappa shape index (κ3) is 1.92. The largest absolute Gasteiger partial charge is 0.380 e. The number of halogens is 1. The number of ketones is 1. The lowest BCUT2D eigenvalue weighted by molar-refractivity contribution is -0.541. The lowest BCUT2D eigenvalue weighted by atomic mass is 9.57. The van der Waals surface area contributed by atoms with Crippen LogP contribution in [0.25, 0.3) is 0 Å². The summed E-state index contributed by atoms with van der Waals surface area (Å²) in [4.78, 5) is 23.6. The zero-order valence-electron chi connectivity index (χ0n) is 11.1. The van der Waals surface area contributed by atoms with Gasteiger partial charge in [0, 0.05) is 4.92 Å². The number of rotatable bonds is 3. The van der Waals surface area contributed by atoms with E-state index in [2.05, 4.69) is 0 Å². The normalized spacial score (nSPS) is 37.7. The van der Waals surface area contributed by atoms with Crippen LogP contribution in [-0.4, -0.2) is 33.3 Å². The third-order valence-electron chi connectivity index (χ3n) is 4.56. The monoisotopic (exact) mass is 307 g/mol. The smallest absolute Gasteiger partial charge is 0.230 e. The topological polar surface area (TPSA) is 80.4 Å². The molecule has 1 fully saturated rings. The first-order valence-corrected chi connectivity index (χ1v) is 7.23. The maximum absolute atomic E-state index is 12.5. The number of nitrogens with zero attached hydrogens (tertiary/aromatic N) is 1. The summed E-state index contributed by atoms with van der Waals surface area (Å²) in [5.74, 6) is -2.92. The Morgan fingerprint density at radius 3 is 2.52 bits per heavy atom. The van der Waals surface area contributed by atoms with Crippen molar-refractivity contribution in [3.63, 3.8) is 0 Å². The van der Waals surface area contributed by atoms with Crippen LogP contribution in [0.1, 0.15) is 11.5 Å². The second kappa shape index (κ2) is 4.93. The van der Waals surface area contributed by atoms with Crippen LogP contribution in [0.3, 0.4) is 0 Å². The second-order valence-corrected chi connectivity index (χ2v) is 5.84. The van der Waals surface area contributed by atoms with Gasteiger partial charge in [0.05, 0.1) is 23.6 Å². The van der Waals surface area contributed by atoms with Gasteiger partial charge in [-0.25, -0.2) is 0 Å². The Morgan fingerprint density at radius 1 is 1.29 bits per heavy atom. The molecule has 21 heavy (non-hydrogen) atoms. The fourth-order valence-corrected chi connectivity index (χ4v) is 3.86. The lowest BCUT2D eigenvalue weighted by Crippen LogP contribution is -2.64. The number of Topliss-reactive ketones (excluding diaryl/α,β-unsaturated/α-hetero) is 1. The van der Waals surface area contributed by atoms with Gasteiger partial charge >= 0.3 is 0 Å². The maximum Gasteiger partial charge on any atom is 0.230 e. The summed E-state index contributed by atoms with van der Waals surface area (Å²) in [7, 11) is 0. The third-order valence-corrected chi connectivity index (χ3v) is 4.97. The molecule has 1 N–H and O–H groups in total. The predicted molar refractivity (Wildman–Crippen MR) is 76.8 cm³/mol. The van der Waals surface area contributed by atoms with Crippen molar-refractivity contribution in [2.45, 2.75) is 17.6 Å². The SMILES string of the molecule is O=C1[C@H]2C=C[C@H]([C@H]([N+](=O)[O-])[C@H]2c2ccccc2)[C@@]1(O)CCl. The van der Waals surface area contributed by atoms with Crippen molar-refractivity contribution in [1.29, 1.82) is 0 Å². The van der Waals surface area contributed by atoms with Crippen LogP contribution in [0.2, 0.25) is 0 Å². The number of nitro groups is 1. The number of alkyl halides is 1. The zero-order valence-corrected chi connectivity index (χ0v) is 11.8. The van der Waals surface area contributed by atoms with Gasteiger partial charge in [0.1, 0.15) is 5.60 Å². The highest BCUT2D eigenvalue weighted by Crippen LogP contribution is 2.50. The molecule has 0 aromatic heterocycles. The molecule has 0 radical (unpaired) electrons. The molecule has 2 bridgehead atoms. The van der Waals surface area contributed by atoms with E-state index in [1.165, 1.54) is 0 Å². The fourth-order valence-electron chi connectivity index (χ4n) is 3.55. The van der Waals surface area contributed by atoms with Crippen LogP contribution in [0.4, 0.5) is 0 Å². The van der Waals surface area contributed by atoms with Crippen molar-refractivity contribution in [1.82, 2.24) is 0 Å². The van der Waals surface area contributed by atoms with Crippen molar-refractivity contribution in [3.8, 4) is 0 Å². The van der Waals surface area contributed by atoms with Crippen LogP contribution in [0.5, 0.6) is 0 Å². The van der Waals surface area contributed by atoms with Crippen molar-refractivity contribution in [3.05, 3.63) is 58.2 Å². The molecule has 1 aromatic rings. The number of allylic oxidation sites excluding steroid dienone is 1. The molecule has 0 heterocycles. The summed E-state index contributed by atoms with van der Waals surface area (Å²) in [5, 5.41) is 22.0. The van der Waals surface area contributed by atoms with Gasteiger partial charge < -0.3 is 5.11 Å². The van der Waals surface area contributed by atoms with Crippen molar-refractivity contribution < 1.29 is 14.8 Å². The van der Waals surface area contributed by atoms with Gasteiger partial charge in [-0.1, -0.05) is 42.5 Å². The highest BCUT2D eigenvalue weighted by Gasteiger charge is 2.64. The number of hydrogen-bond acceptors (Lipinski definition) is 4. The van der Waals surface area contributed by atoms with E-state index >= 15 is 0 Å². The van der Waals surface area contributed by atoms with Gasteiger partial charge in [0.25, 0.3) is 0 Å². The molecular formula is C15H14ClNO4. The van der Waals surface area contributed by atoms with Gasteiger partial charge in [-0.3, -0.25) is 14.9 Å². The van der Waals surface area contributed by atoms with E-state index in [4.69, 9.17) is 11.6 Å². The highest BCUT2D eigenvalue weighted by atomic mass is 35.5. The molecule has 0 saturated heterocycles. The Bertz CT molecular complexity index is 617. The Balaban J connectivity index is 2.13. The summed E-state index contributed by atoms with van der Waals surface area (Å²) in [6.07, 6.45) is 3.24. The quantitative estimate of drug-likeness (QED) is 0.399.